The Labute approximate surface area is 98.5 Å². The van der Waals surface area contributed by atoms with Crippen LogP contribution in [-0.4, -0.2) is 16.0 Å². The van der Waals surface area contributed by atoms with Crippen LogP contribution in [0.2, 0.25) is 10.3 Å². The van der Waals surface area contributed by atoms with E-state index in [4.69, 9.17) is 23.2 Å². The van der Waals surface area contributed by atoms with Gasteiger partial charge < -0.3 is 5.32 Å². The number of nitrogens with one attached hydrogen (secondary N) is 1. The van der Waals surface area contributed by atoms with Crippen molar-refractivity contribution < 1.29 is 0 Å². The van der Waals surface area contributed by atoms with Crippen molar-refractivity contribution in [3.05, 3.63) is 28.7 Å². The Kier molecular flexibility index (Phi) is 3.44. The van der Waals surface area contributed by atoms with Crippen molar-refractivity contribution in [2.24, 2.45) is 0 Å². The molecule has 0 aromatic carbocycles. The average molecular weight is 244 g/mol. The highest BCUT2D eigenvalue weighted by Gasteiger charge is 2.11. The van der Waals surface area contributed by atoms with Crippen LogP contribution in [-0.2, 0) is 0 Å². The molecule has 15 heavy (non-hydrogen) atoms. The molecular formula is C10H11Cl2N3. The summed E-state index contributed by atoms with van der Waals surface area (Å²) in [5.41, 5.74) is 0. The summed E-state index contributed by atoms with van der Waals surface area (Å²) in [5, 5.41) is 3.94. The van der Waals surface area contributed by atoms with Gasteiger partial charge in [0, 0.05) is 6.04 Å². The van der Waals surface area contributed by atoms with E-state index in [0.29, 0.717) is 16.9 Å². The van der Waals surface area contributed by atoms with E-state index in [1.54, 1.807) is 0 Å². The molecular weight excluding hydrogens is 233 g/mol. The number of anilines is 1. The van der Waals surface area contributed by atoms with Crippen molar-refractivity contribution in [2.45, 2.75) is 25.3 Å². The minimum absolute atomic E-state index is 0.210. The molecule has 3 nitrogen and oxygen atoms in total. The normalized spacial score (nSPS) is 20.3. The van der Waals surface area contributed by atoms with Gasteiger partial charge in [0.25, 0.3) is 0 Å². The van der Waals surface area contributed by atoms with Gasteiger partial charge in [-0.25, -0.2) is 4.98 Å². The molecule has 0 spiro atoms. The summed E-state index contributed by atoms with van der Waals surface area (Å²) in [6, 6.07) is 0.294. The molecule has 0 amide bonds. The molecule has 5 heteroatoms. The Morgan fingerprint density at radius 1 is 1.40 bits per heavy atom. The van der Waals surface area contributed by atoms with Crippen LogP contribution in [0.4, 0.5) is 5.82 Å². The van der Waals surface area contributed by atoms with Crippen molar-refractivity contribution in [2.75, 3.05) is 5.32 Å². The zero-order chi connectivity index (χ0) is 10.7. The van der Waals surface area contributed by atoms with E-state index in [1.807, 2.05) is 0 Å². The van der Waals surface area contributed by atoms with Gasteiger partial charge in [0.1, 0.15) is 10.8 Å². The van der Waals surface area contributed by atoms with Gasteiger partial charge in [0.15, 0.2) is 0 Å². The van der Waals surface area contributed by atoms with E-state index in [9.17, 15) is 0 Å². The third-order valence-corrected chi connectivity index (χ3v) is 2.75. The summed E-state index contributed by atoms with van der Waals surface area (Å²) >= 11 is 11.6. The van der Waals surface area contributed by atoms with Gasteiger partial charge in [-0.3, -0.25) is 0 Å². The molecule has 80 valence electrons. The summed E-state index contributed by atoms with van der Waals surface area (Å²) in [5.74, 6) is 0.605. The second-order valence-corrected chi connectivity index (χ2v) is 4.19. The van der Waals surface area contributed by atoms with Crippen molar-refractivity contribution in [1.82, 2.24) is 9.97 Å². The average Bonchev–Trinajstić information content (AvgIpc) is 2.25. The third kappa shape index (κ3) is 2.83. The van der Waals surface area contributed by atoms with E-state index in [1.165, 1.54) is 12.6 Å². The maximum absolute atomic E-state index is 5.95. The van der Waals surface area contributed by atoms with E-state index >= 15 is 0 Å². The van der Waals surface area contributed by atoms with Gasteiger partial charge in [0.05, 0.1) is 6.20 Å². The standard InChI is InChI=1S/C10H11Cl2N3/c11-8-6-13-10(12)15-9(8)14-7-4-2-1-3-5-7/h2,4,6-7H,1,3,5H2,(H,13,14,15). The van der Waals surface area contributed by atoms with Crippen LogP contribution in [0.5, 0.6) is 0 Å². The van der Waals surface area contributed by atoms with Crippen LogP contribution in [0.3, 0.4) is 0 Å². The van der Waals surface area contributed by atoms with Gasteiger partial charge in [0.2, 0.25) is 5.28 Å². The van der Waals surface area contributed by atoms with Crippen LogP contribution in [0.15, 0.2) is 18.3 Å². The van der Waals surface area contributed by atoms with Crippen LogP contribution >= 0.6 is 23.2 Å². The van der Waals surface area contributed by atoms with Gasteiger partial charge in [-0.1, -0.05) is 23.8 Å². The molecule has 0 saturated heterocycles. The zero-order valence-electron chi connectivity index (χ0n) is 8.08. The molecule has 1 unspecified atom stereocenters. The molecule has 2 rings (SSSR count). The Balaban J connectivity index is 2.12. The Morgan fingerprint density at radius 3 is 3.00 bits per heavy atom. The van der Waals surface area contributed by atoms with E-state index in [0.717, 1.165) is 12.8 Å². The highest BCUT2D eigenvalue weighted by atomic mass is 35.5. The van der Waals surface area contributed by atoms with E-state index in [2.05, 4.69) is 27.4 Å². The largest absolute Gasteiger partial charge is 0.362 e. The lowest BCUT2D eigenvalue weighted by atomic mass is 10.0. The maximum Gasteiger partial charge on any atom is 0.224 e. The zero-order valence-corrected chi connectivity index (χ0v) is 9.59. The van der Waals surface area contributed by atoms with Crippen molar-refractivity contribution in [1.29, 1.82) is 0 Å². The van der Waals surface area contributed by atoms with Crippen LogP contribution in [0.25, 0.3) is 0 Å². The summed E-state index contributed by atoms with van der Waals surface area (Å²) in [6.07, 6.45) is 9.23. The summed E-state index contributed by atoms with van der Waals surface area (Å²) in [6.45, 7) is 0. The number of aromatic nitrogens is 2. The molecule has 1 heterocycles. The lowest BCUT2D eigenvalue weighted by Crippen LogP contribution is -2.19. The number of hydrogen-bond donors (Lipinski definition) is 1. The van der Waals surface area contributed by atoms with E-state index in [-0.39, 0.29) is 5.28 Å². The molecule has 1 N–H and O–H groups in total. The van der Waals surface area contributed by atoms with Gasteiger partial charge >= 0.3 is 0 Å². The predicted molar refractivity (Wildman–Crippen MR) is 62.5 cm³/mol. The summed E-state index contributed by atoms with van der Waals surface area (Å²) in [4.78, 5) is 7.84. The first-order valence-electron chi connectivity index (χ1n) is 4.87. The fourth-order valence-corrected chi connectivity index (χ4v) is 1.83. The summed E-state index contributed by atoms with van der Waals surface area (Å²) < 4.78 is 0. The minimum atomic E-state index is 0.210. The molecule has 1 aromatic heterocycles. The molecule has 0 fully saturated rings. The minimum Gasteiger partial charge on any atom is -0.362 e. The van der Waals surface area contributed by atoms with Crippen LogP contribution in [0, 0.1) is 0 Å². The third-order valence-electron chi connectivity index (χ3n) is 2.29. The Bertz CT molecular complexity index is 379. The van der Waals surface area contributed by atoms with Gasteiger partial charge in [-0.15, -0.1) is 0 Å². The molecule has 1 atom stereocenters. The number of allylic oxidation sites excluding steroid dienone is 1. The fourth-order valence-electron chi connectivity index (χ4n) is 1.56. The molecule has 1 aromatic rings. The van der Waals surface area contributed by atoms with Gasteiger partial charge in [-0.05, 0) is 30.9 Å². The number of nitrogens with zero attached hydrogens (tertiary/aromatic N) is 2. The van der Waals surface area contributed by atoms with Crippen molar-refractivity contribution in [3.63, 3.8) is 0 Å². The first kappa shape index (κ1) is 10.7. The highest BCUT2D eigenvalue weighted by molar-refractivity contribution is 6.33. The van der Waals surface area contributed by atoms with Crippen LogP contribution < -0.4 is 5.32 Å². The molecule has 0 radical (unpaired) electrons. The first-order valence-corrected chi connectivity index (χ1v) is 5.62. The van der Waals surface area contributed by atoms with Crippen molar-refractivity contribution >= 4 is 29.0 Å². The fraction of sp³-hybridized carbons (Fsp3) is 0.400. The SMILES string of the molecule is Clc1ncc(Cl)c(NC2C=CCCC2)n1. The monoisotopic (exact) mass is 243 g/mol. The molecule has 0 aliphatic heterocycles. The lowest BCUT2D eigenvalue weighted by Gasteiger charge is -2.18. The summed E-state index contributed by atoms with van der Waals surface area (Å²) in [7, 11) is 0. The second kappa shape index (κ2) is 4.81. The topological polar surface area (TPSA) is 37.8 Å². The first-order chi connectivity index (χ1) is 7.25. The number of hydrogen-bond acceptors (Lipinski definition) is 3. The molecule has 0 saturated carbocycles. The highest BCUT2D eigenvalue weighted by Crippen LogP contribution is 2.22. The van der Waals surface area contributed by atoms with E-state index < -0.39 is 0 Å². The predicted octanol–water partition coefficient (Wildman–Crippen LogP) is 3.30. The Hall–Kier alpha value is -0.800. The lowest BCUT2D eigenvalue weighted by molar-refractivity contribution is 0.671. The van der Waals surface area contributed by atoms with Crippen molar-refractivity contribution in [3.8, 4) is 0 Å². The molecule has 1 aliphatic rings. The Morgan fingerprint density at radius 2 is 2.27 bits per heavy atom. The van der Waals surface area contributed by atoms with Gasteiger partial charge in [-0.2, -0.15) is 4.98 Å². The number of halogens is 2. The quantitative estimate of drug-likeness (QED) is 0.640. The number of rotatable bonds is 2. The smallest absolute Gasteiger partial charge is 0.224 e. The van der Waals surface area contributed by atoms with Crippen LogP contribution in [0.1, 0.15) is 19.3 Å². The maximum atomic E-state index is 5.95. The second-order valence-electron chi connectivity index (χ2n) is 3.45. The molecule has 0 bridgehead atoms. The molecule has 1 aliphatic carbocycles.